The average Bonchev–Trinajstić information content (AvgIpc) is 3.01. The number of hydrogen-bond acceptors (Lipinski definition) is 2. The maximum absolute atomic E-state index is 5.91. The van der Waals surface area contributed by atoms with Gasteiger partial charge in [-0.15, -0.1) is 0 Å². The van der Waals surface area contributed by atoms with Crippen LogP contribution in [0.1, 0.15) is 16.7 Å². The Bertz CT molecular complexity index is 887. The smallest absolute Gasteiger partial charge is 0.175 e. The van der Waals surface area contributed by atoms with Gasteiger partial charge in [0.1, 0.15) is 0 Å². The minimum atomic E-state index is 0.541. The third-order valence-corrected chi connectivity index (χ3v) is 4.46. The van der Waals surface area contributed by atoms with Crippen molar-refractivity contribution in [1.82, 2.24) is 9.78 Å². The lowest BCUT2D eigenvalue weighted by molar-refractivity contribution is 0.687. The van der Waals surface area contributed by atoms with Crippen LogP contribution in [0.5, 0.6) is 0 Å². The zero-order valence-corrected chi connectivity index (χ0v) is 15.7. The number of benzene rings is 2. The second-order valence-corrected chi connectivity index (χ2v) is 6.72. The molecule has 0 aliphatic heterocycles. The van der Waals surface area contributed by atoms with E-state index < -0.39 is 0 Å². The summed E-state index contributed by atoms with van der Waals surface area (Å²) in [6.07, 6.45) is 3.68. The van der Waals surface area contributed by atoms with Gasteiger partial charge in [-0.1, -0.05) is 35.9 Å². The van der Waals surface area contributed by atoms with Crippen LogP contribution in [0, 0.1) is 13.8 Å². The van der Waals surface area contributed by atoms with Crippen LogP contribution in [0.15, 0.2) is 54.9 Å². The summed E-state index contributed by atoms with van der Waals surface area (Å²) in [5.74, 6) is 0. The number of nitrogens with one attached hydrogen (secondary N) is 2. The first-order valence-electron chi connectivity index (χ1n) is 7.92. The Labute approximate surface area is 157 Å². The molecule has 6 heteroatoms. The summed E-state index contributed by atoms with van der Waals surface area (Å²) in [7, 11) is 0. The Kier molecular flexibility index (Phi) is 5.36. The van der Waals surface area contributed by atoms with Gasteiger partial charge >= 0.3 is 0 Å². The molecule has 4 nitrogen and oxygen atoms in total. The first kappa shape index (κ1) is 17.5. The molecule has 0 aliphatic carbocycles. The van der Waals surface area contributed by atoms with Crippen LogP contribution in [0.25, 0.3) is 0 Å². The second kappa shape index (κ2) is 7.68. The molecule has 0 spiro atoms. The summed E-state index contributed by atoms with van der Waals surface area (Å²) in [5.41, 5.74) is 5.40. The fraction of sp³-hybridized carbons (Fsp3) is 0.158. The highest BCUT2D eigenvalue weighted by molar-refractivity contribution is 7.80. The van der Waals surface area contributed by atoms with Crippen molar-refractivity contribution in [2.45, 2.75) is 20.4 Å². The van der Waals surface area contributed by atoms with E-state index in [0.717, 1.165) is 22.0 Å². The first-order valence-corrected chi connectivity index (χ1v) is 8.71. The summed E-state index contributed by atoms with van der Waals surface area (Å²) >= 11 is 11.3. The molecule has 2 N–H and O–H groups in total. The normalized spacial score (nSPS) is 10.5. The molecule has 0 unspecified atom stereocenters. The van der Waals surface area contributed by atoms with Gasteiger partial charge in [-0.2, -0.15) is 5.10 Å². The monoisotopic (exact) mass is 370 g/mol. The van der Waals surface area contributed by atoms with E-state index in [1.807, 2.05) is 47.3 Å². The Morgan fingerprint density at radius 3 is 2.64 bits per heavy atom. The molecule has 0 saturated carbocycles. The zero-order chi connectivity index (χ0) is 17.8. The van der Waals surface area contributed by atoms with Crippen molar-refractivity contribution >= 4 is 40.3 Å². The lowest BCUT2D eigenvalue weighted by Crippen LogP contribution is -2.19. The van der Waals surface area contributed by atoms with Crippen molar-refractivity contribution in [3.05, 3.63) is 76.6 Å². The molecule has 128 valence electrons. The fourth-order valence-corrected chi connectivity index (χ4v) is 2.82. The standard InChI is InChI=1S/C19H19ClN4S/c1-13-4-3-5-18(14(13)2)23-19(25)22-17-10-21-24(12-17)11-15-6-8-16(20)9-7-15/h3-10,12H,11H2,1-2H3,(H2,22,23,25). The fourth-order valence-electron chi connectivity index (χ4n) is 2.46. The van der Waals surface area contributed by atoms with Gasteiger partial charge in [0, 0.05) is 16.9 Å². The van der Waals surface area contributed by atoms with Gasteiger partial charge in [0.25, 0.3) is 0 Å². The number of hydrogen-bond donors (Lipinski definition) is 2. The van der Waals surface area contributed by atoms with Gasteiger partial charge in [0.15, 0.2) is 5.11 Å². The van der Waals surface area contributed by atoms with Crippen LogP contribution in [-0.4, -0.2) is 14.9 Å². The third kappa shape index (κ3) is 4.59. The Morgan fingerprint density at radius 1 is 1.12 bits per heavy atom. The summed E-state index contributed by atoms with van der Waals surface area (Å²) in [6.45, 7) is 4.83. The summed E-state index contributed by atoms with van der Waals surface area (Å²) < 4.78 is 1.85. The summed E-state index contributed by atoms with van der Waals surface area (Å²) in [5, 5.41) is 12.0. The number of aromatic nitrogens is 2. The molecule has 0 atom stereocenters. The molecule has 3 aromatic rings. The summed E-state index contributed by atoms with van der Waals surface area (Å²) in [4.78, 5) is 0. The van der Waals surface area contributed by atoms with Crippen molar-refractivity contribution < 1.29 is 0 Å². The van der Waals surface area contributed by atoms with E-state index >= 15 is 0 Å². The van der Waals surface area contributed by atoms with Gasteiger partial charge in [-0.05, 0) is 61.0 Å². The van der Waals surface area contributed by atoms with Gasteiger partial charge in [0.05, 0.1) is 18.4 Å². The Hall–Kier alpha value is -2.37. The molecule has 0 bridgehead atoms. The molecule has 1 aromatic heterocycles. The number of nitrogens with zero attached hydrogens (tertiary/aromatic N) is 2. The molecule has 0 fully saturated rings. The molecule has 0 amide bonds. The molecule has 0 aliphatic rings. The van der Waals surface area contributed by atoms with Crippen LogP contribution in [0.2, 0.25) is 5.02 Å². The third-order valence-electron chi connectivity index (χ3n) is 4.00. The number of aryl methyl sites for hydroxylation is 1. The van der Waals surface area contributed by atoms with E-state index in [4.69, 9.17) is 23.8 Å². The predicted molar refractivity (Wildman–Crippen MR) is 109 cm³/mol. The van der Waals surface area contributed by atoms with E-state index in [2.05, 4.69) is 35.6 Å². The van der Waals surface area contributed by atoms with Crippen molar-refractivity contribution in [3.8, 4) is 0 Å². The largest absolute Gasteiger partial charge is 0.332 e. The van der Waals surface area contributed by atoms with Crippen LogP contribution in [-0.2, 0) is 6.54 Å². The first-order chi connectivity index (χ1) is 12.0. The maximum Gasteiger partial charge on any atom is 0.175 e. The summed E-state index contributed by atoms with van der Waals surface area (Å²) in [6, 6.07) is 13.8. The van der Waals surface area contributed by atoms with Gasteiger partial charge < -0.3 is 10.6 Å². The highest BCUT2D eigenvalue weighted by Crippen LogP contribution is 2.18. The number of thiocarbonyl (C=S) groups is 1. The molecular formula is C19H19ClN4S. The molecule has 0 saturated heterocycles. The lowest BCUT2D eigenvalue weighted by atomic mass is 10.1. The zero-order valence-electron chi connectivity index (χ0n) is 14.1. The molecule has 1 heterocycles. The van der Waals surface area contributed by atoms with Gasteiger partial charge in [-0.25, -0.2) is 0 Å². The Balaban J connectivity index is 1.61. The van der Waals surface area contributed by atoms with Crippen molar-refractivity contribution in [3.63, 3.8) is 0 Å². The van der Waals surface area contributed by atoms with Crippen LogP contribution in [0.3, 0.4) is 0 Å². The van der Waals surface area contributed by atoms with Crippen molar-refractivity contribution in [2.24, 2.45) is 0 Å². The van der Waals surface area contributed by atoms with Crippen LogP contribution in [0.4, 0.5) is 11.4 Å². The van der Waals surface area contributed by atoms with Crippen LogP contribution < -0.4 is 10.6 Å². The average molecular weight is 371 g/mol. The SMILES string of the molecule is Cc1cccc(NC(=S)Nc2cnn(Cc3ccc(Cl)cc3)c2)c1C. The van der Waals surface area contributed by atoms with Crippen molar-refractivity contribution in [2.75, 3.05) is 10.6 Å². The lowest BCUT2D eigenvalue weighted by Gasteiger charge is -2.12. The predicted octanol–water partition coefficient (Wildman–Crippen LogP) is 5.01. The van der Waals surface area contributed by atoms with E-state index in [1.54, 1.807) is 6.20 Å². The Morgan fingerprint density at radius 2 is 1.88 bits per heavy atom. The quantitative estimate of drug-likeness (QED) is 0.633. The molecule has 0 radical (unpaired) electrons. The maximum atomic E-state index is 5.91. The highest BCUT2D eigenvalue weighted by Gasteiger charge is 2.05. The van der Waals surface area contributed by atoms with E-state index in [-0.39, 0.29) is 0 Å². The van der Waals surface area contributed by atoms with Crippen LogP contribution >= 0.6 is 23.8 Å². The molecular weight excluding hydrogens is 352 g/mol. The molecule has 3 rings (SSSR count). The number of halogens is 1. The van der Waals surface area contributed by atoms with Gasteiger partial charge in [-0.3, -0.25) is 4.68 Å². The van der Waals surface area contributed by atoms with Crippen molar-refractivity contribution in [1.29, 1.82) is 0 Å². The second-order valence-electron chi connectivity index (χ2n) is 5.88. The van der Waals surface area contributed by atoms with E-state index in [9.17, 15) is 0 Å². The van der Waals surface area contributed by atoms with E-state index in [0.29, 0.717) is 11.7 Å². The minimum Gasteiger partial charge on any atom is -0.332 e. The van der Waals surface area contributed by atoms with Gasteiger partial charge in [0.2, 0.25) is 0 Å². The number of rotatable bonds is 4. The molecule has 25 heavy (non-hydrogen) atoms. The van der Waals surface area contributed by atoms with E-state index in [1.165, 1.54) is 11.1 Å². The highest BCUT2D eigenvalue weighted by atomic mass is 35.5. The minimum absolute atomic E-state index is 0.541. The number of anilines is 2. The molecule has 2 aromatic carbocycles. The topological polar surface area (TPSA) is 41.9 Å².